The molecule has 1 amide bonds. The molecule has 7 heteroatoms. The molecule has 0 aliphatic heterocycles. The minimum atomic E-state index is -0.661. The van der Waals surface area contributed by atoms with Crippen LogP contribution in [0.25, 0.3) is 0 Å². The summed E-state index contributed by atoms with van der Waals surface area (Å²) >= 11 is 0. The smallest absolute Gasteiger partial charge is 0.234 e. The molecule has 0 saturated carbocycles. The van der Waals surface area contributed by atoms with Gasteiger partial charge in [0.25, 0.3) is 0 Å². The number of hydrogen-bond acceptors (Lipinski definition) is 5. The molecule has 1 atom stereocenters. The van der Waals surface area contributed by atoms with Gasteiger partial charge in [-0.15, -0.1) is 0 Å². The van der Waals surface area contributed by atoms with E-state index in [0.717, 1.165) is 38.5 Å². The third kappa shape index (κ3) is 10.9. The van der Waals surface area contributed by atoms with E-state index in [9.17, 15) is 4.79 Å². The molecule has 0 bridgehead atoms. The first-order chi connectivity index (χ1) is 11.4. The Kier molecular flexibility index (Phi) is 14.2. The van der Waals surface area contributed by atoms with Crippen LogP contribution in [0.2, 0.25) is 0 Å². The number of nitrogens with zero attached hydrogens (tertiary/aromatic N) is 2. The number of nitriles is 1. The summed E-state index contributed by atoms with van der Waals surface area (Å²) < 4.78 is 8.63. The predicted octanol–water partition coefficient (Wildman–Crippen LogP) is 3.55. The number of unbranched alkanes of at least 4 members (excludes halogenated alkanes) is 3. The molecule has 0 aromatic heterocycles. The van der Waals surface area contributed by atoms with Crippen molar-refractivity contribution in [2.24, 2.45) is 0 Å². The Morgan fingerprint density at radius 1 is 1.17 bits per heavy atom. The summed E-state index contributed by atoms with van der Waals surface area (Å²) in [5, 5.41) is 8.76. The van der Waals surface area contributed by atoms with Gasteiger partial charge in [-0.25, -0.2) is 5.43 Å². The first-order valence-corrected chi connectivity index (χ1v) is 10.3. The Bertz CT molecular complexity index is 364. The molecule has 2 N–H and O–H groups in total. The van der Waals surface area contributed by atoms with Gasteiger partial charge in [-0.3, -0.25) is 14.9 Å². The number of nitrogens with one attached hydrogen (secondary N) is 2. The molecule has 24 heavy (non-hydrogen) atoms. The summed E-state index contributed by atoms with van der Waals surface area (Å²) in [6.07, 6.45) is 5.80. The van der Waals surface area contributed by atoms with Crippen LogP contribution in [0.4, 0.5) is 0 Å². The van der Waals surface area contributed by atoms with E-state index in [-0.39, 0.29) is 5.91 Å². The highest BCUT2D eigenvalue weighted by atomic mass is 31.2. The van der Waals surface area contributed by atoms with Gasteiger partial charge in [-0.2, -0.15) is 5.26 Å². The zero-order chi connectivity index (χ0) is 18.4. The Labute approximate surface area is 149 Å². The van der Waals surface area contributed by atoms with Gasteiger partial charge >= 0.3 is 0 Å². The third-order valence-electron chi connectivity index (χ3n) is 3.51. The molecular weight excluding hydrogens is 323 g/mol. The van der Waals surface area contributed by atoms with Gasteiger partial charge in [0.05, 0.1) is 12.7 Å². The third-order valence-corrected chi connectivity index (χ3v) is 6.12. The maximum atomic E-state index is 11.3. The lowest BCUT2D eigenvalue weighted by molar-refractivity contribution is -0.122. The van der Waals surface area contributed by atoms with Gasteiger partial charge in [0, 0.05) is 38.1 Å². The Balaban J connectivity index is 4.21. The van der Waals surface area contributed by atoms with Gasteiger partial charge in [-0.1, -0.05) is 6.42 Å². The minimum Gasteiger partial charge on any atom is -0.344 e. The van der Waals surface area contributed by atoms with Crippen LogP contribution in [0, 0.1) is 11.3 Å². The lowest BCUT2D eigenvalue weighted by Crippen LogP contribution is -2.34. The lowest BCUT2D eigenvalue weighted by Gasteiger charge is -2.37. The van der Waals surface area contributed by atoms with Crippen molar-refractivity contribution in [1.82, 2.24) is 15.5 Å². The van der Waals surface area contributed by atoms with Crippen LogP contribution >= 0.6 is 8.30 Å². The molecular formula is C17H35N4O2P. The van der Waals surface area contributed by atoms with Crippen LogP contribution in [0.5, 0.6) is 0 Å². The van der Waals surface area contributed by atoms with E-state index in [0.29, 0.717) is 24.9 Å². The van der Waals surface area contributed by atoms with E-state index in [1.165, 1.54) is 0 Å². The summed E-state index contributed by atoms with van der Waals surface area (Å²) in [4.78, 5) is 11.3. The summed E-state index contributed by atoms with van der Waals surface area (Å²) in [5.41, 5.74) is 5.22. The molecule has 0 fully saturated rings. The molecule has 0 rings (SSSR count). The largest absolute Gasteiger partial charge is 0.344 e. The van der Waals surface area contributed by atoms with Crippen molar-refractivity contribution in [3.63, 3.8) is 0 Å². The van der Waals surface area contributed by atoms with Gasteiger partial charge in [-0.05, 0) is 47.0 Å². The first kappa shape index (κ1) is 23.3. The van der Waals surface area contributed by atoms with Crippen molar-refractivity contribution < 1.29 is 9.32 Å². The topological polar surface area (TPSA) is 77.4 Å². The standard InChI is InChI=1S/C17H35N4O2P/c1-15(2)21(16(3)4)24(14-10-8-12-18)23-13-9-6-7-11-17(22)20-19-5/h15-16,19H,6-11,13-14H2,1-5H3,(H,20,22). The number of carbonyl (C=O) groups excluding carboxylic acids is 1. The monoisotopic (exact) mass is 358 g/mol. The predicted molar refractivity (Wildman–Crippen MR) is 100 cm³/mol. The van der Waals surface area contributed by atoms with E-state index < -0.39 is 8.30 Å². The lowest BCUT2D eigenvalue weighted by atomic mass is 10.2. The fourth-order valence-electron chi connectivity index (χ4n) is 2.59. The van der Waals surface area contributed by atoms with Crippen LogP contribution in [-0.2, 0) is 9.32 Å². The fraction of sp³-hybridized carbons (Fsp3) is 0.882. The Hall–Kier alpha value is -0.730. The van der Waals surface area contributed by atoms with E-state index >= 15 is 0 Å². The molecule has 0 aliphatic rings. The van der Waals surface area contributed by atoms with Gasteiger partial charge in [0.2, 0.25) is 5.91 Å². The molecule has 1 unspecified atom stereocenters. The molecule has 140 valence electrons. The minimum absolute atomic E-state index is 0.0305. The highest BCUT2D eigenvalue weighted by Crippen LogP contribution is 2.45. The molecule has 0 spiro atoms. The molecule has 0 aromatic rings. The van der Waals surface area contributed by atoms with Crippen molar-refractivity contribution in [3.8, 4) is 6.07 Å². The summed E-state index contributed by atoms with van der Waals surface area (Å²) in [6, 6.07) is 3.09. The summed E-state index contributed by atoms with van der Waals surface area (Å²) in [6.45, 7) is 9.52. The van der Waals surface area contributed by atoms with Crippen molar-refractivity contribution >= 4 is 14.2 Å². The molecule has 0 aliphatic carbocycles. The molecule has 0 aromatic carbocycles. The second-order valence-corrected chi connectivity index (χ2v) is 8.22. The zero-order valence-corrected chi connectivity index (χ0v) is 16.9. The van der Waals surface area contributed by atoms with Crippen molar-refractivity contribution in [2.45, 2.75) is 78.3 Å². The number of rotatable bonds is 14. The summed E-state index contributed by atoms with van der Waals surface area (Å²) in [5.74, 6) is 0.0305. The van der Waals surface area contributed by atoms with Crippen molar-refractivity contribution in [3.05, 3.63) is 0 Å². The number of hydrogen-bond donors (Lipinski definition) is 2. The van der Waals surface area contributed by atoms with E-state index in [1.54, 1.807) is 7.05 Å². The van der Waals surface area contributed by atoms with Crippen molar-refractivity contribution in [1.29, 1.82) is 5.26 Å². The van der Waals surface area contributed by atoms with E-state index in [1.807, 2.05) is 0 Å². The highest BCUT2D eigenvalue weighted by Gasteiger charge is 2.24. The van der Waals surface area contributed by atoms with Gasteiger partial charge in [0.1, 0.15) is 8.30 Å². The summed E-state index contributed by atoms with van der Waals surface area (Å²) in [7, 11) is 1.03. The fourth-order valence-corrected chi connectivity index (χ4v) is 4.88. The van der Waals surface area contributed by atoms with Crippen molar-refractivity contribution in [2.75, 3.05) is 19.8 Å². The van der Waals surface area contributed by atoms with E-state index in [4.69, 9.17) is 9.79 Å². The Morgan fingerprint density at radius 3 is 2.38 bits per heavy atom. The molecule has 0 heterocycles. The van der Waals surface area contributed by atoms with Crippen LogP contribution < -0.4 is 10.9 Å². The van der Waals surface area contributed by atoms with Crippen LogP contribution in [-0.4, -0.2) is 42.5 Å². The number of hydrazine groups is 1. The molecule has 0 radical (unpaired) electrons. The molecule has 0 saturated heterocycles. The van der Waals surface area contributed by atoms with E-state index in [2.05, 4.69) is 49.3 Å². The SMILES string of the molecule is CNNC(=O)CCCCCOP(CCCC#N)N(C(C)C)C(C)C. The second-order valence-electron chi connectivity index (χ2n) is 6.35. The highest BCUT2D eigenvalue weighted by molar-refractivity contribution is 7.50. The van der Waals surface area contributed by atoms with Gasteiger partial charge in [0.15, 0.2) is 0 Å². The van der Waals surface area contributed by atoms with Crippen LogP contribution in [0.15, 0.2) is 0 Å². The normalized spacial score (nSPS) is 12.6. The Morgan fingerprint density at radius 2 is 1.83 bits per heavy atom. The maximum absolute atomic E-state index is 11.3. The second kappa shape index (κ2) is 14.6. The van der Waals surface area contributed by atoms with Crippen LogP contribution in [0.1, 0.15) is 66.2 Å². The quantitative estimate of drug-likeness (QED) is 0.282. The molecule has 6 nitrogen and oxygen atoms in total. The first-order valence-electron chi connectivity index (χ1n) is 8.95. The van der Waals surface area contributed by atoms with Gasteiger partial charge < -0.3 is 4.52 Å². The maximum Gasteiger partial charge on any atom is 0.234 e. The average molecular weight is 358 g/mol. The van der Waals surface area contributed by atoms with Crippen LogP contribution in [0.3, 0.4) is 0 Å². The zero-order valence-electron chi connectivity index (χ0n) is 16.0. The average Bonchev–Trinajstić information content (AvgIpc) is 2.50. The number of amides is 1. The number of carbonyl (C=O) groups is 1.